The third-order valence-electron chi connectivity index (χ3n) is 2.54. The summed E-state index contributed by atoms with van der Waals surface area (Å²) in [5, 5.41) is 10.8. The first-order valence-electron chi connectivity index (χ1n) is 5.18. The number of halogens is 2. The number of hydrogen-bond donors (Lipinski definition) is 1. The molecule has 0 aliphatic rings. The Morgan fingerprint density at radius 3 is 2.50 bits per heavy atom. The first kappa shape index (κ1) is 12.1. The van der Waals surface area contributed by atoms with Gasteiger partial charge in [0, 0.05) is 8.95 Å². The number of benzene rings is 2. The summed E-state index contributed by atoms with van der Waals surface area (Å²) in [5.74, 6) is 0.238. The normalized spacial score (nSPS) is 11.0. The van der Waals surface area contributed by atoms with E-state index in [9.17, 15) is 5.11 Å². The lowest BCUT2D eigenvalue weighted by atomic mass is 10.2. The number of thiazole rings is 1. The van der Waals surface area contributed by atoms with Gasteiger partial charge in [-0.3, -0.25) is 0 Å². The predicted molar refractivity (Wildman–Crippen MR) is 82.1 cm³/mol. The van der Waals surface area contributed by atoms with Gasteiger partial charge in [-0.15, -0.1) is 11.3 Å². The van der Waals surface area contributed by atoms with Crippen LogP contribution in [-0.4, -0.2) is 10.1 Å². The van der Waals surface area contributed by atoms with Gasteiger partial charge in [-0.25, -0.2) is 4.98 Å². The zero-order valence-corrected chi connectivity index (χ0v) is 13.0. The Labute approximate surface area is 125 Å². The van der Waals surface area contributed by atoms with Crippen LogP contribution in [0, 0.1) is 0 Å². The highest BCUT2D eigenvalue weighted by Gasteiger charge is 2.10. The molecule has 0 atom stereocenters. The fraction of sp³-hybridized carbons (Fsp3) is 0. The minimum atomic E-state index is 0.238. The Morgan fingerprint density at radius 2 is 1.72 bits per heavy atom. The standard InChI is InChI=1S/C13H7Br2NOS/c14-7-2-4-12-10(5-7)16-13(18-12)9-3-1-8(15)6-11(9)17/h1-6,17H. The number of hydrogen-bond acceptors (Lipinski definition) is 3. The van der Waals surface area contributed by atoms with Crippen LogP contribution in [0.3, 0.4) is 0 Å². The lowest BCUT2D eigenvalue weighted by Crippen LogP contribution is -1.77. The molecule has 1 heterocycles. The first-order chi connectivity index (χ1) is 8.63. The predicted octanol–water partition coefficient (Wildman–Crippen LogP) is 5.19. The highest BCUT2D eigenvalue weighted by Crippen LogP contribution is 2.37. The number of fused-ring (bicyclic) bond motifs is 1. The van der Waals surface area contributed by atoms with E-state index in [0.29, 0.717) is 0 Å². The minimum absolute atomic E-state index is 0.238. The van der Waals surface area contributed by atoms with Crippen LogP contribution in [-0.2, 0) is 0 Å². The molecule has 3 rings (SSSR count). The van der Waals surface area contributed by atoms with Gasteiger partial charge in [-0.05, 0) is 36.4 Å². The summed E-state index contributed by atoms with van der Waals surface area (Å²) < 4.78 is 2.97. The van der Waals surface area contributed by atoms with E-state index in [1.165, 1.54) is 0 Å². The summed E-state index contributed by atoms with van der Waals surface area (Å²) in [5.41, 5.74) is 1.70. The molecule has 0 radical (unpaired) electrons. The van der Waals surface area contributed by atoms with Crippen molar-refractivity contribution in [1.82, 2.24) is 4.98 Å². The third kappa shape index (κ3) is 2.18. The van der Waals surface area contributed by atoms with Gasteiger partial charge >= 0.3 is 0 Å². The summed E-state index contributed by atoms with van der Waals surface area (Å²) in [6, 6.07) is 11.4. The Balaban J connectivity index is 2.19. The molecule has 2 aromatic carbocycles. The van der Waals surface area contributed by atoms with Crippen LogP contribution in [0.5, 0.6) is 5.75 Å². The molecule has 90 valence electrons. The van der Waals surface area contributed by atoms with E-state index < -0.39 is 0 Å². The average Bonchev–Trinajstić information content (AvgIpc) is 2.71. The molecule has 0 aliphatic heterocycles. The van der Waals surface area contributed by atoms with E-state index in [4.69, 9.17) is 0 Å². The van der Waals surface area contributed by atoms with Crippen molar-refractivity contribution in [2.45, 2.75) is 0 Å². The molecule has 0 unspecified atom stereocenters. The van der Waals surface area contributed by atoms with Gasteiger partial charge in [0.25, 0.3) is 0 Å². The van der Waals surface area contributed by atoms with E-state index in [-0.39, 0.29) is 5.75 Å². The van der Waals surface area contributed by atoms with Crippen LogP contribution in [0.1, 0.15) is 0 Å². The maximum Gasteiger partial charge on any atom is 0.128 e. The molecule has 0 aliphatic carbocycles. The minimum Gasteiger partial charge on any atom is -0.507 e. The lowest BCUT2D eigenvalue weighted by molar-refractivity contribution is 0.477. The smallest absolute Gasteiger partial charge is 0.128 e. The molecule has 0 bridgehead atoms. The van der Waals surface area contributed by atoms with Crippen molar-refractivity contribution < 1.29 is 5.11 Å². The Morgan fingerprint density at radius 1 is 1.00 bits per heavy atom. The highest BCUT2D eigenvalue weighted by atomic mass is 79.9. The number of phenolic OH excluding ortho intramolecular Hbond substituents is 1. The Kier molecular flexibility index (Phi) is 3.13. The molecule has 0 saturated carbocycles. The number of rotatable bonds is 1. The summed E-state index contributed by atoms with van der Waals surface area (Å²) in [7, 11) is 0. The van der Waals surface area contributed by atoms with E-state index in [1.54, 1.807) is 17.4 Å². The zero-order chi connectivity index (χ0) is 12.7. The molecule has 1 N–H and O–H groups in total. The first-order valence-corrected chi connectivity index (χ1v) is 7.59. The van der Waals surface area contributed by atoms with Gasteiger partial charge < -0.3 is 5.11 Å². The molecule has 1 aromatic heterocycles. The average molecular weight is 385 g/mol. The molecule has 5 heteroatoms. The van der Waals surface area contributed by atoms with Crippen LogP contribution in [0.25, 0.3) is 20.8 Å². The maximum atomic E-state index is 9.95. The van der Waals surface area contributed by atoms with Crippen LogP contribution >= 0.6 is 43.2 Å². The number of phenols is 1. The summed E-state index contributed by atoms with van der Waals surface area (Å²) in [6.07, 6.45) is 0. The largest absolute Gasteiger partial charge is 0.507 e. The molecule has 3 aromatic rings. The number of aromatic hydroxyl groups is 1. The number of aromatic nitrogens is 1. The second-order valence-electron chi connectivity index (χ2n) is 3.79. The SMILES string of the molecule is Oc1cc(Br)ccc1-c1nc2cc(Br)ccc2s1. The van der Waals surface area contributed by atoms with Gasteiger partial charge in [0.05, 0.1) is 15.8 Å². The van der Waals surface area contributed by atoms with E-state index in [1.807, 2.05) is 30.3 Å². The molecular weight excluding hydrogens is 378 g/mol. The van der Waals surface area contributed by atoms with Crippen molar-refractivity contribution in [2.24, 2.45) is 0 Å². The van der Waals surface area contributed by atoms with Gasteiger partial charge in [0.15, 0.2) is 0 Å². The van der Waals surface area contributed by atoms with E-state index in [0.717, 1.165) is 29.7 Å². The molecule has 0 fully saturated rings. The molecular formula is C13H7Br2NOS. The van der Waals surface area contributed by atoms with Crippen molar-refractivity contribution >= 4 is 53.4 Å². The fourth-order valence-corrected chi connectivity index (χ4v) is 3.38. The third-order valence-corrected chi connectivity index (χ3v) is 4.60. The fourth-order valence-electron chi connectivity index (χ4n) is 1.70. The van der Waals surface area contributed by atoms with Crippen LogP contribution in [0.2, 0.25) is 0 Å². The van der Waals surface area contributed by atoms with Gasteiger partial charge in [-0.2, -0.15) is 0 Å². The van der Waals surface area contributed by atoms with Crippen molar-refractivity contribution in [3.8, 4) is 16.3 Å². The molecule has 2 nitrogen and oxygen atoms in total. The van der Waals surface area contributed by atoms with Crippen LogP contribution in [0.15, 0.2) is 45.3 Å². The number of nitrogens with zero attached hydrogens (tertiary/aromatic N) is 1. The molecule has 18 heavy (non-hydrogen) atoms. The van der Waals surface area contributed by atoms with E-state index in [2.05, 4.69) is 36.8 Å². The van der Waals surface area contributed by atoms with Gasteiger partial charge in [0.1, 0.15) is 10.8 Å². The zero-order valence-electron chi connectivity index (χ0n) is 9.02. The summed E-state index contributed by atoms with van der Waals surface area (Å²) in [6.45, 7) is 0. The van der Waals surface area contributed by atoms with Crippen molar-refractivity contribution in [2.75, 3.05) is 0 Å². The van der Waals surface area contributed by atoms with Crippen molar-refractivity contribution in [3.05, 3.63) is 45.3 Å². The topological polar surface area (TPSA) is 33.1 Å². The van der Waals surface area contributed by atoms with Gasteiger partial charge in [-0.1, -0.05) is 31.9 Å². The van der Waals surface area contributed by atoms with Crippen LogP contribution in [0.4, 0.5) is 0 Å². The second kappa shape index (κ2) is 4.64. The second-order valence-corrected chi connectivity index (χ2v) is 6.65. The Bertz CT molecular complexity index is 739. The highest BCUT2D eigenvalue weighted by molar-refractivity contribution is 9.10. The van der Waals surface area contributed by atoms with Crippen molar-refractivity contribution in [3.63, 3.8) is 0 Å². The molecule has 0 saturated heterocycles. The molecule has 0 spiro atoms. The van der Waals surface area contributed by atoms with Crippen LogP contribution < -0.4 is 0 Å². The maximum absolute atomic E-state index is 9.95. The van der Waals surface area contributed by atoms with E-state index >= 15 is 0 Å². The Hall–Kier alpha value is -0.910. The quantitative estimate of drug-likeness (QED) is 0.625. The molecule has 0 amide bonds. The summed E-state index contributed by atoms with van der Waals surface area (Å²) in [4.78, 5) is 4.55. The van der Waals surface area contributed by atoms with Gasteiger partial charge in [0.2, 0.25) is 0 Å². The summed E-state index contributed by atoms with van der Waals surface area (Å²) >= 11 is 8.33. The monoisotopic (exact) mass is 383 g/mol. The van der Waals surface area contributed by atoms with Crippen molar-refractivity contribution in [1.29, 1.82) is 0 Å². The lowest BCUT2D eigenvalue weighted by Gasteiger charge is -2.00.